The molecule has 0 saturated heterocycles. The van der Waals surface area contributed by atoms with Gasteiger partial charge in [-0.3, -0.25) is 4.79 Å². The van der Waals surface area contributed by atoms with E-state index in [-0.39, 0.29) is 11.3 Å². The Morgan fingerprint density at radius 3 is 1.50 bits per heavy atom. The molecule has 1 amide bonds. The maximum Gasteiger partial charge on any atom is 0.225 e. The van der Waals surface area contributed by atoms with Gasteiger partial charge in [0.2, 0.25) is 5.91 Å². The van der Waals surface area contributed by atoms with Crippen molar-refractivity contribution in [3.05, 3.63) is 36.1 Å². The highest BCUT2D eigenvalue weighted by Gasteiger charge is 2.38. The second-order valence-corrected chi connectivity index (χ2v) is 19.7. The minimum atomic E-state index is -0.114. The number of allylic oxidation sites excluding steroid dienone is 2. The van der Waals surface area contributed by atoms with E-state index < -0.39 is 0 Å². The van der Waals surface area contributed by atoms with E-state index in [2.05, 4.69) is 69.5 Å². The molecule has 1 aliphatic carbocycles. The van der Waals surface area contributed by atoms with Gasteiger partial charge in [0.25, 0.3) is 0 Å². The molecule has 362 valence electrons. The Morgan fingerprint density at radius 1 is 0.565 bits per heavy atom. The van der Waals surface area contributed by atoms with Crippen LogP contribution >= 0.6 is 0 Å². The fourth-order valence-electron chi connectivity index (χ4n) is 9.23. The first-order chi connectivity index (χ1) is 30.3. The standard InChI is InChI=1S/C57H106N2O3/c1-8-14-18-20-24-32-42-55(43-33-25-21-19-15-9-2)62-54(13-6)41-31-27-23-29-35-49-59(50-37-47-58-56(60)57(7)45-36-46-57)48-34-28-22-26-30-40-53(12-5)61-51-44-52(38-16-10-3)39-17-11-4/h52,55H,5-6,8-11,14-51H2,1-4,7H3,(H,58,60). The Morgan fingerprint density at radius 2 is 1.02 bits per heavy atom. The summed E-state index contributed by atoms with van der Waals surface area (Å²) in [6.45, 7) is 24.3. The summed E-state index contributed by atoms with van der Waals surface area (Å²) >= 11 is 0. The van der Waals surface area contributed by atoms with Crippen LogP contribution in [-0.4, -0.2) is 49.7 Å². The van der Waals surface area contributed by atoms with Crippen LogP contribution in [-0.2, 0) is 14.3 Å². The van der Waals surface area contributed by atoms with Gasteiger partial charge in [0.05, 0.1) is 12.7 Å². The van der Waals surface area contributed by atoms with Crippen LogP contribution in [0.1, 0.15) is 272 Å². The molecule has 1 N–H and O–H groups in total. The summed E-state index contributed by atoms with van der Waals surface area (Å²) in [6.07, 6.45) is 46.4. The summed E-state index contributed by atoms with van der Waals surface area (Å²) in [5.41, 5.74) is 6.18. The van der Waals surface area contributed by atoms with E-state index in [1.54, 1.807) is 0 Å². The monoisotopic (exact) mass is 867 g/mol. The van der Waals surface area contributed by atoms with Crippen molar-refractivity contribution < 1.29 is 14.3 Å². The molecule has 0 aliphatic heterocycles. The molecule has 0 atom stereocenters. The predicted octanol–water partition coefficient (Wildman–Crippen LogP) is 17.3. The lowest BCUT2D eigenvalue weighted by Gasteiger charge is -2.36. The number of carbonyl (C=O) groups excluding carboxylic acids is 1. The first kappa shape index (κ1) is 58.1. The van der Waals surface area contributed by atoms with Gasteiger partial charge in [-0.2, -0.15) is 0 Å². The molecule has 1 rings (SSSR count). The fraction of sp³-hybridized carbons (Fsp3) is 0.877. The van der Waals surface area contributed by atoms with Gasteiger partial charge in [-0.1, -0.05) is 207 Å². The van der Waals surface area contributed by atoms with Crippen molar-refractivity contribution in [2.24, 2.45) is 11.3 Å². The molecular formula is C57H106N2O3. The van der Waals surface area contributed by atoms with E-state index in [9.17, 15) is 4.79 Å². The Hall–Kier alpha value is -1.93. The van der Waals surface area contributed by atoms with Crippen LogP contribution in [0.4, 0.5) is 0 Å². The molecule has 1 saturated carbocycles. The Bertz CT molecular complexity index is 1110. The molecule has 0 radical (unpaired) electrons. The SMILES string of the molecule is C=C=C(CCCCCCCN(CCCCCCCC(=C=C)OC(CCCCCCCC)CCCCCCCC)CCCNC(=O)C1(C)CCC1)OCCC(CCCC)CCCC. The number of nitrogens with zero attached hydrogens (tertiary/aromatic N) is 1. The van der Waals surface area contributed by atoms with Gasteiger partial charge < -0.3 is 19.7 Å². The zero-order valence-electron chi connectivity index (χ0n) is 42.4. The third kappa shape index (κ3) is 31.8. The minimum absolute atomic E-state index is 0.114. The number of amides is 1. The first-order valence-electron chi connectivity index (χ1n) is 27.4. The number of ether oxygens (including phenoxy) is 2. The topological polar surface area (TPSA) is 50.8 Å². The maximum absolute atomic E-state index is 12.7. The number of unbranched alkanes of at least 4 members (excludes halogenated alkanes) is 20. The molecule has 0 heterocycles. The van der Waals surface area contributed by atoms with Crippen LogP contribution in [0.2, 0.25) is 0 Å². The lowest BCUT2D eigenvalue weighted by Crippen LogP contribution is -2.44. The summed E-state index contributed by atoms with van der Waals surface area (Å²) in [4.78, 5) is 15.4. The number of nitrogens with one attached hydrogen (secondary N) is 1. The highest BCUT2D eigenvalue weighted by Crippen LogP contribution is 2.40. The number of carbonyl (C=O) groups is 1. The normalized spacial score (nSPS) is 13.3. The van der Waals surface area contributed by atoms with Crippen molar-refractivity contribution in [1.29, 1.82) is 0 Å². The average molecular weight is 867 g/mol. The zero-order chi connectivity index (χ0) is 45.2. The molecule has 0 unspecified atom stereocenters. The highest BCUT2D eigenvalue weighted by molar-refractivity contribution is 5.82. The van der Waals surface area contributed by atoms with Crippen molar-refractivity contribution in [3.8, 4) is 0 Å². The van der Waals surface area contributed by atoms with Gasteiger partial charge in [-0.25, -0.2) is 0 Å². The fourth-order valence-corrected chi connectivity index (χ4v) is 9.23. The number of hydrogen-bond donors (Lipinski definition) is 1. The van der Waals surface area contributed by atoms with Gasteiger partial charge in [-0.15, -0.1) is 0 Å². The van der Waals surface area contributed by atoms with E-state index in [4.69, 9.17) is 9.47 Å². The van der Waals surface area contributed by atoms with E-state index in [1.807, 2.05) is 0 Å². The minimum Gasteiger partial charge on any atom is -0.490 e. The van der Waals surface area contributed by atoms with Crippen LogP contribution < -0.4 is 5.32 Å². The molecule has 1 aliphatic rings. The zero-order valence-corrected chi connectivity index (χ0v) is 42.4. The number of hydrogen-bond acceptors (Lipinski definition) is 4. The van der Waals surface area contributed by atoms with E-state index in [0.717, 1.165) is 102 Å². The van der Waals surface area contributed by atoms with Crippen LogP contribution in [0.3, 0.4) is 0 Å². The third-order valence-corrected chi connectivity index (χ3v) is 13.9. The Kier molecular flexibility index (Phi) is 39.1. The van der Waals surface area contributed by atoms with Gasteiger partial charge >= 0.3 is 0 Å². The Balaban J connectivity index is 2.44. The molecule has 62 heavy (non-hydrogen) atoms. The van der Waals surface area contributed by atoms with Crippen molar-refractivity contribution in [3.63, 3.8) is 0 Å². The molecule has 5 heteroatoms. The van der Waals surface area contributed by atoms with E-state index >= 15 is 0 Å². The third-order valence-electron chi connectivity index (χ3n) is 13.9. The quantitative estimate of drug-likeness (QED) is 0.0376. The molecule has 0 bridgehead atoms. The lowest BCUT2D eigenvalue weighted by atomic mass is 9.70. The van der Waals surface area contributed by atoms with Crippen LogP contribution in [0.15, 0.2) is 36.1 Å². The van der Waals surface area contributed by atoms with Gasteiger partial charge in [0.1, 0.15) is 11.5 Å². The molecular weight excluding hydrogens is 761 g/mol. The first-order valence-corrected chi connectivity index (χ1v) is 27.4. The molecule has 5 nitrogen and oxygen atoms in total. The van der Waals surface area contributed by atoms with Gasteiger partial charge in [-0.05, 0) is 103 Å². The second kappa shape index (κ2) is 41.8. The van der Waals surface area contributed by atoms with Gasteiger partial charge in [0, 0.05) is 24.8 Å². The van der Waals surface area contributed by atoms with Crippen molar-refractivity contribution in [1.82, 2.24) is 10.2 Å². The predicted molar refractivity (Wildman–Crippen MR) is 271 cm³/mol. The van der Waals surface area contributed by atoms with Crippen LogP contribution in [0.25, 0.3) is 0 Å². The highest BCUT2D eigenvalue weighted by atomic mass is 16.5. The molecule has 0 aromatic carbocycles. The molecule has 0 aromatic heterocycles. The summed E-state index contributed by atoms with van der Waals surface area (Å²) < 4.78 is 12.8. The van der Waals surface area contributed by atoms with Crippen LogP contribution in [0.5, 0.6) is 0 Å². The van der Waals surface area contributed by atoms with E-state index in [1.165, 1.54) is 186 Å². The smallest absolute Gasteiger partial charge is 0.225 e. The van der Waals surface area contributed by atoms with Crippen molar-refractivity contribution in [2.45, 2.75) is 278 Å². The maximum atomic E-state index is 12.7. The summed E-state index contributed by atoms with van der Waals surface area (Å²) in [5.74, 6) is 3.04. The van der Waals surface area contributed by atoms with Crippen LogP contribution in [0, 0.1) is 11.3 Å². The lowest BCUT2D eigenvalue weighted by molar-refractivity contribution is -0.134. The molecule has 0 spiro atoms. The van der Waals surface area contributed by atoms with E-state index in [0.29, 0.717) is 6.10 Å². The molecule has 1 fully saturated rings. The summed E-state index contributed by atoms with van der Waals surface area (Å²) in [6, 6.07) is 0. The summed E-state index contributed by atoms with van der Waals surface area (Å²) in [5, 5.41) is 3.26. The second-order valence-electron chi connectivity index (χ2n) is 19.7. The number of rotatable bonds is 47. The molecule has 0 aromatic rings. The average Bonchev–Trinajstić information content (AvgIpc) is 3.27. The van der Waals surface area contributed by atoms with Crippen molar-refractivity contribution >= 4 is 5.91 Å². The largest absolute Gasteiger partial charge is 0.490 e. The van der Waals surface area contributed by atoms with Gasteiger partial charge in [0.15, 0.2) is 0 Å². The van der Waals surface area contributed by atoms with Crippen molar-refractivity contribution in [2.75, 3.05) is 32.8 Å². The Labute approximate surface area is 387 Å². The summed E-state index contributed by atoms with van der Waals surface area (Å²) in [7, 11) is 0.